The summed E-state index contributed by atoms with van der Waals surface area (Å²) in [5.41, 5.74) is 6.82. The lowest BCUT2D eigenvalue weighted by molar-refractivity contribution is -0.136. The van der Waals surface area contributed by atoms with Gasteiger partial charge in [0.1, 0.15) is 24.7 Å². The molecule has 42 heavy (non-hydrogen) atoms. The summed E-state index contributed by atoms with van der Waals surface area (Å²) in [5.74, 6) is -1.95. The molecule has 5 rings (SSSR count). The Balaban J connectivity index is 1.18. The molecule has 3 aromatic rings. The van der Waals surface area contributed by atoms with Crippen LogP contribution in [0.1, 0.15) is 42.4 Å². The average molecular weight is 571 g/mol. The van der Waals surface area contributed by atoms with Gasteiger partial charge in [-0.1, -0.05) is 78.9 Å². The molecule has 3 atom stereocenters. The van der Waals surface area contributed by atoms with Gasteiger partial charge in [-0.3, -0.25) is 24.5 Å². The summed E-state index contributed by atoms with van der Waals surface area (Å²) in [6, 6.07) is 22.3. The number of nitrogens with zero attached hydrogens (tertiary/aromatic N) is 1. The number of hydrogen-bond acceptors (Lipinski definition) is 6. The second-order valence-corrected chi connectivity index (χ2v) is 10.6. The predicted molar refractivity (Wildman–Crippen MR) is 154 cm³/mol. The van der Waals surface area contributed by atoms with E-state index >= 15 is 0 Å². The normalized spacial score (nSPS) is 17.0. The number of hydrogen-bond donors (Lipinski definition) is 4. The minimum atomic E-state index is -1.05. The Labute approximate surface area is 244 Å². The monoisotopic (exact) mass is 570 g/mol. The fourth-order valence-electron chi connectivity index (χ4n) is 5.74. The molecule has 1 aliphatic carbocycles. The lowest BCUT2D eigenvalue weighted by atomic mass is 9.98. The number of carbonyl (C=O) groups is 4. The predicted octanol–water partition coefficient (Wildman–Crippen LogP) is 3.14. The molecule has 10 nitrogen and oxygen atoms in total. The zero-order valence-electron chi connectivity index (χ0n) is 23.3. The number of fused-ring (bicyclic) bond motifs is 3. The average Bonchev–Trinajstić information content (AvgIpc) is 3.63. The summed E-state index contributed by atoms with van der Waals surface area (Å²) in [6.45, 7) is 2.01. The lowest BCUT2D eigenvalue weighted by Crippen LogP contribution is -2.55. The highest BCUT2D eigenvalue weighted by atomic mass is 16.6. The Kier molecular flexibility index (Phi) is 8.83. The molecule has 3 aromatic carbocycles. The van der Waals surface area contributed by atoms with Crippen LogP contribution in [0.4, 0.5) is 4.79 Å². The molecule has 0 radical (unpaired) electrons. The van der Waals surface area contributed by atoms with Crippen LogP contribution in [0, 0.1) is 0 Å². The SMILES string of the molecule is C[C@H](NC(=O)[C@@H]1CCCN1C(=O)OCC1c2ccccc2-c2ccccc21)C(=O)N[C@@H](Cc1ccccc1)C(=O)NO. The Hall–Kier alpha value is -4.70. The number of carbonyl (C=O) groups excluding carboxylic acids is 4. The van der Waals surface area contributed by atoms with Crippen LogP contribution in [0.5, 0.6) is 0 Å². The van der Waals surface area contributed by atoms with Crippen LogP contribution >= 0.6 is 0 Å². The quantitative estimate of drug-likeness (QED) is 0.231. The van der Waals surface area contributed by atoms with E-state index in [2.05, 4.69) is 22.8 Å². The largest absolute Gasteiger partial charge is 0.448 e. The standard InChI is InChI=1S/C32H34N4O6/c1-20(29(37)34-27(30(38)35-41)18-21-10-3-2-4-11-21)33-31(39)28-16-9-17-36(28)32(40)42-19-26-24-14-7-5-12-22(24)23-13-6-8-15-25(23)26/h2-8,10-15,20,26-28,41H,9,16-19H2,1H3,(H,33,39)(H,34,37)(H,35,38)/t20-,27-,28-/m0/s1. The van der Waals surface area contributed by atoms with Gasteiger partial charge in [0.25, 0.3) is 5.91 Å². The van der Waals surface area contributed by atoms with E-state index in [0.29, 0.717) is 19.4 Å². The van der Waals surface area contributed by atoms with Gasteiger partial charge in [-0.25, -0.2) is 10.3 Å². The minimum absolute atomic E-state index is 0.0973. The van der Waals surface area contributed by atoms with E-state index in [1.807, 2.05) is 42.5 Å². The summed E-state index contributed by atoms with van der Waals surface area (Å²) in [5, 5.41) is 14.4. The van der Waals surface area contributed by atoms with Gasteiger partial charge in [-0.15, -0.1) is 0 Å². The van der Waals surface area contributed by atoms with Crippen LogP contribution in [0.25, 0.3) is 11.1 Å². The van der Waals surface area contributed by atoms with Crippen molar-refractivity contribution in [2.24, 2.45) is 0 Å². The highest BCUT2D eigenvalue weighted by molar-refractivity contribution is 5.93. The van der Waals surface area contributed by atoms with E-state index in [-0.39, 0.29) is 18.9 Å². The molecule has 1 heterocycles. The third-order valence-corrected chi connectivity index (χ3v) is 7.90. The van der Waals surface area contributed by atoms with Crippen molar-refractivity contribution < 1.29 is 29.1 Å². The first kappa shape index (κ1) is 28.8. The summed E-state index contributed by atoms with van der Waals surface area (Å²) >= 11 is 0. The number of likely N-dealkylation sites (tertiary alicyclic amines) is 1. The summed E-state index contributed by atoms with van der Waals surface area (Å²) in [4.78, 5) is 52.8. The van der Waals surface area contributed by atoms with E-state index in [9.17, 15) is 19.2 Å². The van der Waals surface area contributed by atoms with Gasteiger partial charge in [-0.2, -0.15) is 0 Å². The summed E-state index contributed by atoms with van der Waals surface area (Å²) in [6.07, 6.45) is 0.638. The molecule has 0 saturated carbocycles. The Morgan fingerprint density at radius 3 is 2.14 bits per heavy atom. The Morgan fingerprint density at radius 1 is 0.881 bits per heavy atom. The first-order valence-corrected chi connectivity index (χ1v) is 14.1. The maximum absolute atomic E-state index is 13.2. The molecule has 0 unspecified atom stereocenters. The van der Waals surface area contributed by atoms with Crippen molar-refractivity contribution in [1.29, 1.82) is 0 Å². The molecular formula is C32H34N4O6. The maximum Gasteiger partial charge on any atom is 0.410 e. The van der Waals surface area contributed by atoms with Gasteiger partial charge in [-0.05, 0) is 47.6 Å². The van der Waals surface area contributed by atoms with Crippen LogP contribution in [-0.2, 0) is 25.5 Å². The Bertz CT molecular complexity index is 1420. The molecule has 0 aromatic heterocycles. The maximum atomic E-state index is 13.2. The highest BCUT2D eigenvalue weighted by Gasteiger charge is 2.37. The third kappa shape index (κ3) is 6.13. The van der Waals surface area contributed by atoms with Crippen molar-refractivity contribution in [3.8, 4) is 11.1 Å². The molecular weight excluding hydrogens is 536 g/mol. The number of rotatable bonds is 9. The van der Waals surface area contributed by atoms with Gasteiger partial charge < -0.3 is 15.4 Å². The molecule has 10 heteroatoms. The van der Waals surface area contributed by atoms with Crippen molar-refractivity contribution in [1.82, 2.24) is 21.0 Å². The first-order valence-electron chi connectivity index (χ1n) is 14.1. The topological polar surface area (TPSA) is 137 Å². The smallest absolute Gasteiger partial charge is 0.410 e. The minimum Gasteiger partial charge on any atom is -0.448 e. The fraction of sp³-hybridized carbons (Fsp3) is 0.312. The third-order valence-electron chi connectivity index (χ3n) is 7.90. The van der Waals surface area contributed by atoms with Crippen LogP contribution in [-0.4, -0.2) is 65.2 Å². The molecule has 1 fully saturated rings. The van der Waals surface area contributed by atoms with Crippen LogP contribution in [0.3, 0.4) is 0 Å². The number of nitrogens with one attached hydrogen (secondary N) is 3. The number of benzene rings is 3. The lowest BCUT2D eigenvalue weighted by Gasteiger charge is -2.26. The van der Waals surface area contributed by atoms with Crippen LogP contribution in [0.2, 0.25) is 0 Å². The fourth-order valence-corrected chi connectivity index (χ4v) is 5.74. The number of ether oxygens (including phenoxy) is 1. The van der Waals surface area contributed by atoms with Gasteiger partial charge in [0.15, 0.2) is 0 Å². The van der Waals surface area contributed by atoms with E-state index < -0.39 is 41.9 Å². The van der Waals surface area contributed by atoms with Crippen LogP contribution in [0.15, 0.2) is 78.9 Å². The molecule has 0 bridgehead atoms. The van der Waals surface area contributed by atoms with E-state index in [1.165, 1.54) is 11.8 Å². The van der Waals surface area contributed by atoms with Crippen molar-refractivity contribution in [2.75, 3.05) is 13.2 Å². The van der Waals surface area contributed by atoms with Crippen molar-refractivity contribution in [3.05, 3.63) is 95.6 Å². The first-order chi connectivity index (χ1) is 20.4. The van der Waals surface area contributed by atoms with E-state index in [1.54, 1.807) is 29.7 Å². The highest BCUT2D eigenvalue weighted by Crippen LogP contribution is 2.44. The second-order valence-electron chi connectivity index (χ2n) is 10.6. The van der Waals surface area contributed by atoms with Gasteiger partial charge in [0, 0.05) is 18.9 Å². The zero-order chi connectivity index (χ0) is 29.6. The van der Waals surface area contributed by atoms with Crippen LogP contribution < -0.4 is 16.1 Å². The molecule has 1 aliphatic heterocycles. The second kappa shape index (κ2) is 12.9. The summed E-state index contributed by atoms with van der Waals surface area (Å²) < 4.78 is 5.76. The van der Waals surface area contributed by atoms with Gasteiger partial charge in [0.2, 0.25) is 11.8 Å². The van der Waals surface area contributed by atoms with Crippen molar-refractivity contribution in [3.63, 3.8) is 0 Å². The zero-order valence-corrected chi connectivity index (χ0v) is 23.3. The molecule has 4 N–H and O–H groups in total. The molecule has 2 aliphatic rings. The van der Waals surface area contributed by atoms with Crippen molar-refractivity contribution >= 4 is 23.8 Å². The Morgan fingerprint density at radius 2 is 1.50 bits per heavy atom. The van der Waals surface area contributed by atoms with E-state index in [4.69, 9.17) is 9.94 Å². The van der Waals surface area contributed by atoms with Gasteiger partial charge >= 0.3 is 6.09 Å². The number of amides is 4. The molecule has 1 saturated heterocycles. The summed E-state index contributed by atoms with van der Waals surface area (Å²) in [7, 11) is 0. The molecule has 4 amide bonds. The van der Waals surface area contributed by atoms with Crippen molar-refractivity contribution in [2.45, 2.75) is 50.2 Å². The molecule has 218 valence electrons. The number of hydroxylamine groups is 1. The van der Waals surface area contributed by atoms with E-state index in [0.717, 1.165) is 27.8 Å². The molecule has 0 spiro atoms. The van der Waals surface area contributed by atoms with Gasteiger partial charge in [0.05, 0.1) is 0 Å².